The van der Waals surface area contributed by atoms with Gasteiger partial charge in [-0.3, -0.25) is 24.8 Å². The van der Waals surface area contributed by atoms with Gasteiger partial charge in [-0.1, -0.05) is 36.4 Å². The lowest BCUT2D eigenvalue weighted by Crippen LogP contribution is -2.48. The fraction of sp³-hybridized carbons (Fsp3) is 0.250. The molecule has 1 aliphatic heterocycles. The molecule has 8 nitrogen and oxygen atoms in total. The van der Waals surface area contributed by atoms with E-state index in [0.29, 0.717) is 30.9 Å². The molecule has 0 atom stereocenters. The molecule has 1 aliphatic rings. The first-order valence-electron chi connectivity index (χ1n) is 10.6. The van der Waals surface area contributed by atoms with Gasteiger partial charge in [-0.15, -0.1) is 0 Å². The third-order valence-electron chi connectivity index (χ3n) is 5.54. The summed E-state index contributed by atoms with van der Waals surface area (Å²) in [5.41, 5.74) is 2.66. The topological polar surface area (TPSA) is 91.6 Å². The number of aromatic nitrogens is 1. The van der Waals surface area contributed by atoms with Crippen molar-refractivity contribution in [3.05, 3.63) is 99.9 Å². The second-order valence-electron chi connectivity index (χ2n) is 7.72. The van der Waals surface area contributed by atoms with Gasteiger partial charge in [0.2, 0.25) is 0 Å². The molecule has 8 heteroatoms. The summed E-state index contributed by atoms with van der Waals surface area (Å²) in [5.74, 6) is -0.180. The zero-order valence-electron chi connectivity index (χ0n) is 17.7. The summed E-state index contributed by atoms with van der Waals surface area (Å²) in [4.78, 5) is 32.5. The van der Waals surface area contributed by atoms with Gasteiger partial charge in [0, 0.05) is 57.1 Å². The minimum Gasteiger partial charge on any atom is -0.375 e. The number of carbonyl (C=O) groups excluding carboxylic acids is 1. The SMILES string of the molecule is O=C(c1ccc(NCc2ccccc2)c([N+](=O)[O-])c1)N1CCN(Cc2ccccn2)CC1. The van der Waals surface area contributed by atoms with Gasteiger partial charge in [0.1, 0.15) is 5.69 Å². The molecule has 0 radical (unpaired) electrons. The number of nitro benzene ring substituents is 1. The molecule has 4 rings (SSSR count). The number of hydrogen-bond donors (Lipinski definition) is 1. The molecule has 3 aromatic rings. The Morgan fingerprint density at radius 1 is 1.00 bits per heavy atom. The molecule has 0 spiro atoms. The molecule has 0 aliphatic carbocycles. The number of benzene rings is 2. The molecule has 2 aromatic carbocycles. The van der Waals surface area contributed by atoms with Crippen molar-refractivity contribution >= 4 is 17.3 Å². The average molecular weight is 431 g/mol. The summed E-state index contributed by atoms with van der Waals surface area (Å²) < 4.78 is 0. The maximum atomic E-state index is 13.0. The van der Waals surface area contributed by atoms with Gasteiger partial charge in [0.05, 0.1) is 10.6 Å². The molecule has 0 bridgehead atoms. The molecule has 1 N–H and O–H groups in total. The number of nitrogens with zero attached hydrogens (tertiary/aromatic N) is 4. The van der Waals surface area contributed by atoms with Crippen LogP contribution < -0.4 is 5.32 Å². The third kappa shape index (κ3) is 5.28. The fourth-order valence-electron chi connectivity index (χ4n) is 3.77. The zero-order valence-corrected chi connectivity index (χ0v) is 17.7. The van der Waals surface area contributed by atoms with Gasteiger partial charge in [-0.2, -0.15) is 0 Å². The molecular formula is C24H25N5O3. The van der Waals surface area contributed by atoms with E-state index in [-0.39, 0.29) is 11.6 Å². The number of pyridine rings is 1. The third-order valence-corrected chi connectivity index (χ3v) is 5.54. The first-order valence-corrected chi connectivity index (χ1v) is 10.6. The normalized spacial score (nSPS) is 14.2. The van der Waals surface area contributed by atoms with Crippen LogP contribution in [0.15, 0.2) is 72.9 Å². The Balaban J connectivity index is 1.39. The van der Waals surface area contributed by atoms with E-state index in [0.717, 1.165) is 30.9 Å². The lowest BCUT2D eigenvalue weighted by Gasteiger charge is -2.34. The Morgan fingerprint density at radius 3 is 2.44 bits per heavy atom. The van der Waals surface area contributed by atoms with Crippen LogP contribution in [-0.4, -0.2) is 51.8 Å². The van der Waals surface area contributed by atoms with Crippen molar-refractivity contribution in [2.75, 3.05) is 31.5 Å². The monoisotopic (exact) mass is 431 g/mol. The van der Waals surface area contributed by atoms with Crippen LogP contribution in [0.4, 0.5) is 11.4 Å². The van der Waals surface area contributed by atoms with E-state index < -0.39 is 4.92 Å². The lowest BCUT2D eigenvalue weighted by atomic mass is 10.1. The Hall–Kier alpha value is -3.78. The van der Waals surface area contributed by atoms with Crippen molar-refractivity contribution < 1.29 is 9.72 Å². The summed E-state index contributed by atoms with van der Waals surface area (Å²) in [5, 5.41) is 14.7. The van der Waals surface area contributed by atoms with Crippen LogP contribution in [0.2, 0.25) is 0 Å². The highest BCUT2D eigenvalue weighted by Gasteiger charge is 2.25. The van der Waals surface area contributed by atoms with Crippen molar-refractivity contribution in [2.45, 2.75) is 13.1 Å². The van der Waals surface area contributed by atoms with E-state index in [2.05, 4.69) is 15.2 Å². The van der Waals surface area contributed by atoms with Gasteiger partial charge >= 0.3 is 0 Å². The number of anilines is 1. The minimum absolute atomic E-state index is 0.0967. The lowest BCUT2D eigenvalue weighted by molar-refractivity contribution is -0.384. The van der Waals surface area contributed by atoms with Crippen LogP contribution in [-0.2, 0) is 13.1 Å². The molecule has 164 valence electrons. The number of nitrogens with one attached hydrogen (secondary N) is 1. The Labute approximate surface area is 186 Å². The first-order chi connectivity index (χ1) is 15.6. The van der Waals surface area contributed by atoms with E-state index in [9.17, 15) is 14.9 Å². The van der Waals surface area contributed by atoms with Crippen molar-refractivity contribution in [1.29, 1.82) is 0 Å². The largest absolute Gasteiger partial charge is 0.375 e. The summed E-state index contributed by atoms with van der Waals surface area (Å²) in [6.07, 6.45) is 1.78. The fourth-order valence-corrected chi connectivity index (χ4v) is 3.77. The predicted octanol–water partition coefficient (Wildman–Crippen LogP) is 3.56. The number of piperazine rings is 1. The van der Waals surface area contributed by atoms with Crippen molar-refractivity contribution in [1.82, 2.24) is 14.8 Å². The van der Waals surface area contributed by atoms with E-state index >= 15 is 0 Å². The highest BCUT2D eigenvalue weighted by atomic mass is 16.6. The zero-order chi connectivity index (χ0) is 22.3. The second-order valence-corrected chi connectivity index (χ2v) is 7.72. The number of hydrogen-bond acceptors (Lipinski definition) is 6. The van der Waals surface area contributed by atoms with Gasteiger partial charge in [0.25, 0.3) is 11.6 Å². The summed E-state index contributed by atoms with van der Waals surface area (Å²) in [6, 6.07) is 20.1. The number of amides is 1. The molecule has 1 saturated heterocycles. The van der Waals surface area contributed by atoms with Crippen LogP contribution in [0.1, 0.15) is 21.6 Å². The minimum atomic E-state index is -0.449. The summed E-state index contributed by atoms with van der Waals surface area (Å²) >= 11 is 0. The predicted molar refractivity (Wildman–Crippen MR) is 122 cm³/mol. The van der Waals surface area contributed by atoms with Gasteiger partial charge in [-0.25, -0.2) is 0 Å². The standard InChI is InChI=1S/C24H25N5O3/c30-24(28-14-12-27(13-15-28)18-21-8-4-5-11-25-21)20-9-10-22(23(16-20)29(31)32)26-17-19-6-2-1-3-7-19/h1-11,16,26H,12-15,17-18H2. The van der Waals surface area contributed by atoms with Crippen LogP contribution in [0, 0.1) is 10.1 Å². The van der Waals surface area contributed by atoms with Crippen LogP contribution in [0.25, 0.3) is 0 Å². The number of rotatable bonds is 7. The van der Waals surface area contributed by atoms with E-state index in [1.165, 1.54) is 6.07 Å². The Bertz CT molecular complexity index is 1070. The Kier molecular flexibility index (Phi) is 6.72. The number of carbonyl (C=O) groups is 1. The quantitative estimate of drug-likeness (QED) is 0.454. The highest BCUT2D eigenvalue weighted by Crippen LogP contribution is 2.27. The number of nitro groups is 1. The molecule has 1 fully saturated rings. The van der Waals surface area contributed by atoms with Crippen LogP contribution >= 0.6 is 0 Å². The van der Waals surface area contributed by atoms with Crippen LogP contribution in [0.3, 0.4) is 0 Å². The summed E-state index contributed by atoms with van der Waals surface area (Å²) in [6.45, 7) is 3.84. The van der Waals surface area contributed by atoms with Gasteiger partial charge in [0.15, 0.2) is 0 Å². The highest BCUT2D eigenvalue weighted by molar-refractivity contribution is 5.95. The Morgan fingerprint density at radius 2 is 1.75 bits per heavy atom. The van der Waals surface area contributed by atoms with Crippen molar-refractivity contribution in [3.8, 4) is 0 Å². The van der Waals surface area contributed by atoms with E-state index in [1.54, 1.807) is 23.2 Å². The second kappa shape index (κ2) is 10.0. The van der Waals surface area contributed by atoms with Crippen LogP contribution in [0.5, 0.6) is 0 Å². The van der Waals surface area contributed by atoms with Gasteiger partial charge < -0.3 is 10.2 Å². The average Bonchev–Trinajstić information content (AvgIpc) is 2.84. The van der Waals surface area contributed by atoms with Gasteiger partial charge in [-0.05, 0) is 29.8 Å². The molecule has 32 heavy (non-hydrogen) atoms. The molecule has 1 aromatic heterocycles. The first kappa shape index (κ1) is 21.5. The van der Waals surface area contributed by atoms with Crippen molar-refractivity contribution in [3.63, 3.8) is 0 Å². The van der Waals surface area contributed by atoms with Crippen molar-refractivity contribution in [2.24, 2.45) is 0 Å². The smallest absolute Gasteiger partial charge is 0.293 e. The molecule has 0 saturated carbocycles. The maximum absolute atomic E-state index is 13.0. The van der Waals surface area contributed by atoms with E-state index in [1.807, 2.05) is 48.5 Å². The summed E-state index contributed by atoms with van der Waals surface area (Å²) in [7, 11) is 0. The maximum Gasteiger partial charge on any atom is 0.293 e. The molecular weight excluding hydrogens is 406 g/mol. The molecule has 2 heterocycles. The van der Waals surface area contributed by atoms with E-state index in [4.69, 9.17) is 0 Å². The molecule has 1 amide bonds. The molecule has 0 unspecified atom stereocenters.